The number of rotatable bonds is 7. The molecular formula is C15H25NO5. The molecule has 0 aliphatic heterocycles. The molecule has 1 aliphatic carbocycles. The summed E-state index contributed by atoms with van der Waals surface area (Å²) in [6.07, 6.45) is 4.82. The molecule has 1 amide bonds. The number of carboxylic acids is 1. The van der Waals surface area contributed by atoms with Gasteiger partial charge in [0, 0.05) is 5.92 Å². The Balaban J connectivity index is 2.54. The van der Waals surface area contributed by atoms with Crippen LogP contribution in [0.5, 0.6) is 0 Å². The fourth-order valence-electron chi connectivity index (χ4n) is 2.61. The van der Waals surface area contributed by atoms with Gasteiger partial charge in [-0.2, -0.15) is 0 Å². The third-order valence-electron chi connectivity index (χ3n) is 3.87. The molecule has 0 spiro atoms. The lowest BCUT2D eigenvalue weighted by atomic mass is 9.88. The second kappa shape index (κ2) is 8.64. The van der Waals surface area contributed by atoms with Gasteiger partial charge in [-0.1, -0.05) is 26.2 Å². The first-order chi connectivity index (χ1) is 9.95. The van der Waals surface area contributed by atoms with Crippen molar-refractivity contribution in [2.45, 2.75) is 58.4 Å². The number of nitrogens with one attached hydrogen (secondary N) is 1. The molecule has 6 heteroatoms. The number of carboxylic acid groups (broad SMARTS) is 1. The van der Waals surface area contributed by atoms with Crippen LogP contribution in [0.2, 0.25) is 0 Å². The van der Waals surface area contributed by atoms with Gasteiger partial charge >= 0.3 is 11.9 Å². The van der Waals surface area contributed by atoms with E-state index in [-0.39, 0.29) is 24.9 Å². The van der Waals surface area contributed by atoms with Crippen molar-refractivity contribution in [3.05, 3.63) is 0 Å². The second-order valence-corrected chi connectivity index (χ2v) is 5.62. The summed E-state index contributed by atoms with van der Waals surface area (Å²) in [5.41, 5.74) is 0. The Bertz CT molecular complexity index is 376. The first kappa shape index (κ1) is 17.5. The molecule has 0 heterocycles. The maximum Gasteiger partial charge on any atom is 0.326 e. The van der Waals surface area contributed by atoms with Crippen LogP contribution in [-0.4, -0.2) is 35.6 Å². The van der Waals surface area contributed by atoms with Crippen LogP contribution in [0.1, 0.15) is 52.4 Å². The van der Waals surface area contributed by atoms with Gasteiger partial charge in [0.05, 0.1) is 12.5 Å². The highest BCUT2D eigenvalue weighted by Crippen LogP contribution is 2.24. The summed E-state index contributed by atoms with van der Waals surface area (Å²) in [7, 11) is 0. The van der Waals surface area contributed by atoms with Crippen molar-refractivity contribution in [2.75, 3.05) is 6.61 Å². The molecule has 0 bridgehead atoms. The zero-order chi connectivity index (χ0) is 15.8. The number of amides is 1. The molecule has 1 fully saturated rings. The summed E-state index contributed by atoms with van der Waals surface area (Å²) < 4.78 is 4.86. The first-order valence-electron chi connectivity index (χ1n) is 7.65. The van der Waals surface area contributed by atoms with Gasteiger partial charge in [-0.3, -0.25) is 9.59 Å². The Kier molecular flexibility index (Phi) is 7.19. The summed E-state index contributed by atoms with van der Waals surface area (Å²) in [4.78, 5) is 34.9. The zero-order valence-corrected chi connectivity index (χ0v) is 12.8. The minimum Gasteiger partial charge on any atom is -0.480 e. The van der Waals surface area contributed by atoms with Crippen LogP contribution in [0.4, 0.5) is 0 Å². The predicted molar refractivity (Wildman–Crippen MR) is 76.6 cm³/mol. The molecule has 1 saturated carbocycles. The first-order valence-corrected chi connectivity index (χ1v) is 7.65. The van der Waals surface area contributed by atoms with Crippen LogP contribution in [0, 0.1) is 11.8 Å². The number of hydrogen-bond donors (Lipinski definition) is 2. The summed E-state index contributed by atoms with van der Waals surface area (Å²) in [6.45, 7) is 3.57. The highest BCUT2D eigenvalue weighted by molar-refractivity contribution is 5.85. The van der Waals surface area contributed by atoms with Gasteiger partial charge in [-0.05, 0) is 26.2 Å². The largest absolute Gasteiger partial charge is 0.480 e. The summed E-state index contributed by atoms with van der Waals surface area (Å²) in [6, 6.07) is -1.04. The van der Waals surface area contributed by atoms with Gasteiger partial charge < -0.3 is 15.2 Å². The Labute approximate surface area is 125 Å². The lowest BCUT2D eigenvalue weighted by Gasteiger charge is -2.24. The van der Waals surface area contributed by atoms with Crippen LogP contribution in [0.15, 0.2) is 0 Å². The van der Waals surface area contributed by atoms with Crippen LogP contribution in [0.25, 0.3) is 0 Å². The van der Waals surface area contributed by atoms with Crippen molar-refractivity contribution in [3.63, 3.8) is 0 Å². The fourth-order valence-corrected chi connectivity index (χ4v) is 2.61. The van der Waals surface area contributed by atoms with E-state index in [0.29, 0.717) is 0 Å². The van der Waals surface area contributed by atoms with E-state index in [4.69, 9.17) is 4.74 Å². The molecule has 6 nitrogen and oxygen atoms in total. The second-order valence-electron chi connectivity index (χ2n) is 5.62. The van der Waals surface area contributed by atoms with E-state index in [1.54, 1.807) is 13.8 Å². The van der Waals surface area contributed by atoms with Crippen LogP contribution >= 0.6 is 0 Å². The van der Waals surface area contributed by atoms with E-state index in [2.05, 4.69) is 5.32 Å². The third-order valence-corrected chi connectivity index (χ3v) is 3.87. The van der Waals surface area contributed by atoms with Crippen molar-refractivity contribution in [1.82, 2.24) is 5.32 Å². The quantitative estimate of drug-likeness (QED) is 0.698. The molecule has 120 valence electrons. The van der Waals surface area contributed by atoms with Crippen molar-refractivity contribution in [2.24, 2.45) is 11.8 Å². The fraction of sp³-hybridized carbons (Fsp3) is 0.800. The SMILES string of the molecule is CCOC(=O)[C@H](C)C[C@@H](NC(=O)C1CCCCC1)C(=O)O. The topological polar surface area (TPSA) is 92.7 Å². The van der Waals surface area contributed by atoms with Gasteiger partial charge in [0.1, 0.15) is 6.04 Å². The molecule has 0 aromatic carbocycles. The Morgan fingerprint density at radius 1 is 1.24 bits per heavy atom. The number of esters is 1. The molecule has 21 heavy (non-hydrogen) atoms. The van der Waals surface area contributed by atoms with E-state index in [1.165, 1.54) is 0 Å². The molecule has 0 radical (unpaired) electrons. The molecule has 0 aromatic rings. The number of hydrogen-bond acceptors (Lipinski definition) is 4. The van der Waals surface area contributed by atoms with E-state index < -0.39 is 23.9 Å². The number of aliphatic carboxylic acids is 1. The highest BCUT2D eigenvalue weighted by Gasteiger charge is 2.29. The van der Waals surface area contributed by atoms with Crippen molar-refractivity contribution < 1.29 is 24.2 Å². The monoisotopic (exact) mass is 299 g/mol. The Morgan fingerprint density at radius 2 is 1.86 bits per heavy atom. The normalized spacial score (nSPS) is 18.6. The summed E-state index contributed by atoms with van der Waals surface area (Å²) >= 11 is 0. The van der Waals surface area contributed by atoms with E-state index >= 15 is 0 Å². The Hall–Kier alpha value is -1.59. The van der Waals surface area contributed by atoms with Gasteiger partial charge in [-0.25, -0.2) is 4.79 Å². The smallest absolute Gasteiger partial charge is 0.326 e. The van der Waals surface area contributed by atoms with E-state index in [0.717, 1.165) is 32.1 Å². The molecule has 0 unspecified atom stereocenters. The van der Waals surface area contributed by atoms with Crippen LogP contribution in [0.3, 0.4) is 0 Å². The molecule has 1 aliphatic rings. The summed E-state index contributed by atoms with van der Waals surface area (Å²) in [5, 5.41) is 11.8. The minimum atomic E-state index is -1.12. The van der Waals surface area contributed by atoms with Crippen LogP contribution in [-0.2, 0) is 19.1 Å². The maximum atomic E-state index is 12.1. The van der Waals surface area contributed by atoms with Gasteiger partial charge in [0.25, 0.3) is 0 Å². The van der Waals surface area contributed by atoms with Gasteiger partial charge in [0.2, 0.25) is 5.91 Å². The third kappa shape index (κ3) is 5.73. The van der Waals surface area contributed by atoms with Gasteiger partial charge in [0.15, 0.2) is 0 Å². The number of ether oxygens (including phenoxy) is 1. The number of carbonyl (C=O) groups is 3. The van der Waals surface area contributed by atoms with Crippen molar-refractivity contribution >= 4 is 17.8 Å². The average Bonchev–Trinajstić information content (AvgIpc) is 2.47. The van der Waals surface area contributed by atoms with Gasteiger partial charge in [-0.15, -0.1) is 0 Å². The van der Waals surface area contributed by atoms with E-state index in [9.17, 15) is 19.5 Å². The maximum absolute atomic E-state index is 12.1. The zero-order valence-electron chi connectivity index (χ0n) is 12.8. The minimum absolute atomic E-state index is 0.0482. The Morgan fingerprint density at radius 3 is 2.38 bits per heavy atom. The van der Waals surface area contributed by atoms with E-state index in [1.807, 2.05) is 0 Å². The van der Waals surface area contributed by atoms with Crippen molar-refractivity contribution in [3.8, 4) is 0 Å². The van der Waals surface area contributed by atoms with Crippen molar-refractivity contribution in [1.29, 1.82) is 0 Å². The highest BCUT2D eigenvalue weighted by atomic mass is 16.5. The molecule has 2 atom stereocenters. The molecule has 0 saturated heterocycles. The molecule has 0 aromatic heterocycles. The summed E-state index contributed by atoms with van der Waals surface area (Å²) in [5.74, 6) is -2.42. The molecular weight excluding hydrogens is 274 g/mol. The van der Waals surface area contributed by atoms with Crippen LogP contribution < -0.4 is 5.32 Å². The standard InChI is InChI=1S/C15H25NO5/c1-3-21-15(20)10(2)9-12(14(18)19)16-13(17)11-7-5-4-6-8-11/h10-12H,3-9H2,1-2H3,(H,16,17)(H,18,19)/t10-,12-/m1/s1. The lowest BCUT2D eigenvalue weighted by Crippen LogP contribution is -2.45. The lowest BCUT2D eigenvalue weighted by molar-refractivity contribution is -0.149. The predicted octanol–water partition coefficient (Wildman–Crippen LogP) is 1.73. The average molecular weight is 299 g/mol. The molecule has 1 rings (SSSR count). The number of carbonyl (C=O) groups excluding carboxylic acids is 2. The molecule has 2 N–H and O–H groups in total.